The van der Waals surface area contributed by atoms with Gasteiger partial charge in [-0.1, -0.05) is 13.8 Å². The van der Waals surface area contributed by atoms with Gasteiger partial charge in [0.2, 0.25) is 10.0 Å². The van der Waals surface area contributed by atoms with Gasteiger partial charge in [-0.3, -0.25) is 9.10 Å². The fourth-order valence-electron chi connectivity index (χ4n) is 2.22. The third-order valence-electron chi connectivity index (χ3n) is 3.90. The van der Waals surface area contributed by atoms with Crippen LogP contribution in [0, 0.1) is 0 Å². The molecule has 1 amide bonds. The smallest absolute Gasteiger partial charge is 0.335 e. The number of nitrogens with one attached hydrogen (secondary N) is 1. The highest BCUT2D eigenvalue weighted by Crippen LogP contribution is 2.26. The monoisotopic (exact) mass is 421 g/mol. The molecule has 0 aliphatic carbocycles. The predicted molar refractivity (Wildman–Crippen MR) is 105 cm³/mol. The number of likely N-dealkylation sites (N-methyl/N-ethyl adjacent to an activating group) is 1. The fourth-order valence-corrected chi connectivity index (χ4v) is 2.71. The molecule has 0 saturated carbocycles. The quantitative estimate of drug-likeness (QED) is 0.617. The van der Waals surface area contributed by atoms with E-state index in [1.807, 2.05) is 0 Å². The van der Waals surface area contributed by atoms with Crippen molar-refractivity contribution in [2.75, 3.05) is 50.9 Å². The highest BCUT2D eigenvalue weighted by Gasteiger charge is 2.17. The molecule has 11 heteroatoms. The number of sulfonamides is 1. The molecule has 0 atom stereocenters. The Balaban J connectivity index is 0.00000210. The van der Waals surface area contributed by atoms with E-state index >= 15 is 0 Å². The Morgan fingerprint density at radius 2 is 1.78 bits per heavy atom. The molecule has 1 N–H and O–H groups in total. The van der Waals surface area contributed by atoms with E-state index in [0.717, 1.165) is 30.2 Å². The average molecular weight is 422 g/mol. The van der Waals surface area contributed by atoms with Crippen molar-refractivity contribution in [1.82, 2.24) is 10.2 Å². The molecule has 0 saturated heterocycles. The first-order chi connectivity index (χ1) is 12.7. The number of hydrogen-bond donors (Lipinski definition) is 1. The lowest BCUT2D eigenvalue weighted by Gasteiger charge is -2.19. The number of hydrogen-bond acceptors (Lipinski definition) is 7. The van der Waals surface area contributed by atoms with Crippen molar-refractivity contribution in [3.8, 4) is 5.75 Å². The van der Waals surface area contributed by atoms with Gasteiger partial charge in [-0.2, -0.15) is 8.42 Å². The van der Waals surface area contributed by atoms with Crippen molar-refractivity contribution in [2.24, 2.45) is 0 Å². The number of carbonyl (C=O) groups is 1. The van der Waals surface area contributed by atoms with Gasteiger partial charge >= 0.3 is 11.6 Å². The molecular formula is C16H27N3O6S2. The van der Waals surface area contributed by atoms with E-state index in [-0.39, 0.29) is 5.91 Å². The minimum Gasteiger partial charge on any atom is -0.496 e. The largest absolute Gasteiger partial charge is 0.496 e. The number of nitrogens with zero attached hydrogens (tertiary/aromatic N) is 2. The van der Waals surface area contributed by atoms with Crippen molar-refractivity contribution < 1.29 is 26.4 Å². The Bertz CT molecular complexity index is 745. The van der Waals surface area contributed by atoms with Crippen LogP contribution in [-0.2, 0) is 21.6 Å². The lowest BCUT2D eigenvalue weighted by atomic mass is 10.1. The van der Waals surface area contributed by atoms with Crippen molar-refractivity contribution >= 4 is 33.2 Å². The Morgan fingerprint density at radius 1 is 1.22 bits per heavy atom. The predicted octanol–water partition coefficient (Wildman–Crippen LogP) is 0.492. The van der Waals surface area contributed by atoms with Gasteiger partial charge in [0.15, 0.2) is 0 Å². The molecule has 0 radical (unpaired) electrons. The zero-order chi connectivity index (χ0) is 21.0. The zero-order valence-corrected chi connectivity index (χ0v) is 17.9. The number of benzene rings is 1. The van der Waals surface area contributed by atoms with Crippen LogP contribution in [0.2, 0.25) is 0 Å². The summed E-state index contributed by atoms with van der Waals surface area (Å²) in [7, 11) is -0.469. The Labute approximate surface area is 164 Å². The van der Waals surface area contributed by atoms with Crippen LogP contribution in [0.3, 0.4) is 0 Å². The molecule has 0 unspecified atom stereocenters. The highest BCUT2D eigenvalue weighted by atomic mass is 32.2. The number of amides is 1. The summed E-state index contributed by atoms with van der Waals surface area (Å²) in [5, 5.41) is 2.86. The van der Waals surface area contributed by atoms with Crippen LogP contribution in [0.15, 0.2) is 18.2 Å². The van der Waals surface area contributed by atoms with Crippen LogP contribution < -0.4 is 14.4 Å². The highest BCUT2D eigenvalue weighted by molar-refractivity contribution is 7.92. The summed E-state index contributed by atoms with van der Waals surface area (Å²) in [6, 6.07) is 4.70. The normalized spacial score (nSPS) is 10.6. The number of carbonyl (C=O) groups excluding carboxylic acids is 1. The molecule has 9 nitrogen and oxygen atoms in total. The van der Waals surface area contributed by atoms with Crippen LogP contribution in [0.4, 0.5) is 5.69 Å². The van der Waals surface area contributed by atoms with Crippen molar-refractivity contribution in [1.29, 1.82) is 0 Å². The van der Waals surface area contributed by atoms with E-state index in [2.05, 4.69) is 24.1 Å². The van der Waals surface area contributed by atoms with Crippen LogP contribution in [0.5, 0.6) is 5.75 Å². The summed E-state index contributed by atoms with van der Waals surface area (Å²) < 4.78 is 46.2. The van der Waals surface area contributed by atoms with E-state index in [9.17, 15) is 13.2 Å². The number of rotatable bonds is 9. The van der Waals surface area contributed by atoms with Crippen LogP contribution in [0.1, 0.15) is 24.2 Å². The maximum absolute atomic E-state index is 12.3. The van der Waals surface area contributed by atoms with Gasteiger partial charge in [0, 0.05) is 26.2 Å². The van der Waals surface area contributed by atoms with Crippen molar-refractivity contribution in [3.05, 3.63) is 23.8 Å². The second-order valence-electron chi connectivity index (χ2n) is 5.47. The first-order valence-corrected chi connectivity index (χ1v) is 10.7. The standard InChI is InChI=1S/C16H27N3O4S.O2S/c1-6-19(7-2)11-10-17-16(20)14-9-8-13(12-15(14)23-4)18(3)24(5,21)22;1-3-2/h8-9,12H,6-7,10-11H2,1-5H3,(H,17,20);. The van der Waals surface area contributed by atoms with E-state index in [1.54, 1.807) is 18.2 Å². The molecule has 0 aromatic heterocycles. The first-order valence-electron chi connectivity index (χ1n) is 8.20. The molecule has 0 aliphatic rings. The first kappa shape index (κ1) is 25.0. The Hall–Kier alpha value is -1.98. The van der Waals surface area contributed by atoms with Gasteiger partial charge in [-0.15, -0.1) is 0 Å². The molecule has 27 heavy (non-hydrogen) atoms. The van der Waals surface area contributed by atoms with Gasteiger partial charge in [0.25, 0.3) is 5.91 Å². The second kappa shape index (κ2) is 12.4. The molecule has 1 aromatic rings. The van der Waals surface area contributed by atoms with Gasteiger partial charge < -0.3 is 15.0 Å². The fraction of sp³-hybridized carbons (Fsp3) is 0.562. The van der Waals surface area contributed by atoms with E-state index < -0.39 is 21.6 Å². The van der Waals surface area contributed by atoms with Crippen molar-refractivity contribution in [3.63, 3.8) is 0 Å². The third-order valence-corrected chi connectivity index (χ3v) is 5.10. The second-order valence-corrected chi connectivity index (χ2v) is 7.62. The summed E-state index contributed by atoms with van der Waals surface area (Å²) >= 11 is -0.750. The van der Waals surface area contributed by atoms with Gasteiger partial charge in [-0.25, -0.2) is 8.42 Å². The van der Waals surface area contributed by atoms with Gasteiger partial charge in [-0.05, 0) is 25.2 Å². The Morgan fingerprint density at radius 3 is 2.22 bits per heavy atom. The molecule has 0 aliphatic heterocycles. The summed E-state index contributed by atoms with van der Waals surface area (Å²) in [5.41, 5.74) is 0.816. The molecular weight excluding hydrogens is 394 g/mol. The maximum atomic E-state index is 12.3. The molecule has 0 bridgehead atoms. The minimum absolute atomic E-state index is 0.243. The summed E-state index contributed by atoms with van der Waals surface area (Å²) in [4.78, 5) is 14.5. The van der Waals surface area contributed by atoms with E-state index in [4.69, 9.17) is 13.2 Å². The summed E-state index contributed by atoms with van der Waals surface area (Å²) in [5.74, 6) is 0.0934. The SMILES string of the molecule is CCN(CC)CCNC(=O)c1ccc(N(C)S(C)(=O)=O)cc1OC.O=S=O. The van der Waals surface area contributed by atoms with Gasteiger partial charge in [0.1, 0.15) is 5.75 Å². The zero-order valence-electron chi connectivity index (χ0n) is 16.2. The third kappa shape index (κ3) is 8.50. The molecule has 1 rings (SSSR count). The number of ether oxygens (including phenoxy) is 1. The minimum atomic E-state index is -3.37. The number of anilines is 1. The van der Waals surface area contributed by atoms with Crippen LogP contribution in [0.25, 0.3) is 0 Å². The van der Waals surface area contributed by atoms with Crippen LogP contribution in [-0.4, -0.2) is 74.2 Å². The maximum Gasteiger partial charge on any atom is 0.335 e. The van der Waals surface area contributed by atoms with Crippen molar-refractivity contribution in [2.45, 2.75) is 13.8 Å². The summed E-state index contributed by atoms with van der Waals surface area (Å²) in [6.07, 6.45) is 1.12. The van der Waals surface area contributed by atoms with E-state index in [1.165, 1.54) is 14.2 Å². The molecule has 0 fully saturated rings. The topological polar surface area (TPSA) is 113 Å². The molecule has 1 aromatic carbocycles. The lowest BCUT2D eigenvalue weighted by Crippen LogP contribution is -2.35. The van der Waals surface area contributed by atoms with E-state index in [0.29, 0.717) is 23.5 Å². The number of methoxy groups -OCH3 is 1. The van der Waals surface area contributed by atoms with Crippen LogP contribution >= 0.6 is 0 Å². The lowest BCUT2D eigenvalue weighted by molar-refractivity contribution is 0.0946. The molecule has 0 heterocycles. The molecule has 0 spiro atoms. The summed E-state index contributed by atoms with van der Waals surface area (Å²) in [6.45, 7) is 7.33. The average Bonchev–Trinajstić information content (AvgIpc) is 2.63. The molecule has 154 valence electrons. The Kier molecular flexibility index (Phi) is 11.5. The van der Waals surface area contributed by atoms with Gasteiger partial charge in [0.05, 0.1) is 24.6 Å².